The van der Waals surface area contributed by atoms with Gasteiger partial charge < -0.3 is 0 Å². The minimum Gasteiger partial charge on any atom is -0.296 e. The van der Waals surface area contributed by atoms with Gasteiger partial charge in [-0.15, -0.1) is 0 Å². The first-order valence-corrected chi connectivity index (χ1v) is 8.16. The van der Waals surface area contributed by atoms with Crippen LogP contribution in [0.3, 0.4) is 0 Å². The normalized spacial score (nSPS) is 19.7. The molecule has 3 rings (SSSR count). The van der Waals surface area contributed by atoms with E-state index in [4.69, 9.17) is 0 Å². The maximum absolute atomic E-state index is 13.1. The number of hydrogen-bond donors (Lipinski definition) is 0. The van der Waals surface area contributed by atoms with Crippen LogP contribution < -0.4 is 0 Å². The molecule has 23 heavy (non-hydrogen) atoms. The van der Waals surface area contributed by atoms with Crippen molar-refractivity contribution >= 4 is 0 Å². The van der Waals surface area contributed by atoms with E-state index in [0.717, 1.165) is 38.2 Å². The number of rotatable bonds is 5. The van der Waals surface area contributed by atoms with Gasteiger partial charge in [-0.1, -0.05) is 12.1 Å². The molecule has 2 aromatic rings. The van der Waals surface area contributed by atoms with E-state index in [1.54, 1.807) is 4.68 Å². The Bertz CT molecular complexity index is 611. The maximum atomic E-state index is 13.1. The van der Waals surface area contributed by atoms with Crippen LogP contribution >= 0.6 is 0 Å². The lowest BCUT2D eigenvalue weighted by atomic mass is 9.92. The van der Waals surface area contributed by atoms with E-state index in [0.29, 0.717) is 12.5 Å². The molecule has 1 atom stereocenters. The van der Waals surface area contributed by atoms with Crippen molar-refractivity contribution in [2.24, 2.45) is 0 Å². The lowest BCUT2D eigenvalue weighted by Gasteiger charge is -2.20. The molecule has 0 aliphatic carbocycles. The van der Waals surface area contributed by atoms with Crippen molar-refractivity contribution in [1.82, 2.24) is 19.7 Å². The van der Waals surface area contributed by atoms with Crippen LogP contribution in [0.2, 0.25) is 0 Å². The molecule has 1 fully saturated rings. The fourth-order valence-electron chi connectivity index (χ4n) is 3.26. The van der Waals surface area contributed by atoms with E-state index in [1.165, 1.54) is 24.0 Å². The third-order valence-corrected chi connectivity index (χ3v) is 4.52. The second-order valence-electron chi connectivity index (χ2n) is 6.04. The molecule has 1 aliphatic rings. The summed E-state index contributed by atoms with van der Waals surface area (Å²) in [4.78, 5) is 6.60. The highest BCUT2D eigenvalue weighted by Crippen LogP contribution is 2.28. The molecule has 1 saturated heterocycles. The fourth-order valence-corrected chi connectivity index (χ4v) is 3.26. The Kier molecular flexibility index (Phi) is 5.33. The summed E-state index contributed by atoms with van der Waals surface area (Å²) in [6, 6.07) is 6.87. The van der Waals surface area contributed by atoms with Gasteiger partial charge in [0.1, 0.15) is 24.6 Å². The first kappa shape index (κ1) is 16.1. The highest BCUT2D eigenvalue weighted by molar-refractivity contribution is 5.20. The zero-order valence-electron chi connectivity index (χ0n) is 13.2. The van der Waals surface area contributed by atoms with Crippen molar-refractivity contribution in [3.05, 3.63) is 47.8 Å². The predicted molar refractivity (Wildman–Crippen MR) is 84.3 cm³/mol. The molecule has 0 N–H and O–H groups in total. The van der Waals surface area contributed by atoms with Gasteiger partial charge in [0.25, 0.3) is 0 Å². The quantitative estimate of drug-likeness (QED) is 0.848. The van der Waals surface area contributed by atoms with Crippen LogP contribution in [0.5, 0.6) is 0 Å². The monoisotopic (exact) mass is 320 g/mol. The van der Waals surface area contributed by atoms with Gasteiger partial charge in [-0.05, 0) is 56.0 Å². The van der Waals surface area contributed by atoms with E-state index in [9.17, 15) is 8.78 Å². The average Bonchev–Trinajstić information content (AvgIpc) is 2.85. The smallest absolute Gasteiger partial charge is 0.141 e. The third kappa shape index (κ3) is 4.13. The molecule has 4 nitrogen and oxygen atoms in total. The Morgan fingerprint density at radius 2 is 1.96 bits per heavy atom. The Labute approximate surface area is 135 Å². The molecule has 1 aliphatic heterocycles. The summed E-state index contributed by atoms with van der Waals surface area (Å²) < 4.78 is 27.2. The summed E-state index contributed by atoms with van der Waals surface area (Å²) in [5, 5.41) is 4.07. The van der Waals surface area contributed by atoms with Gasteiger partial charge >= 0.3 is 0 Å². The second-order valence-corrected chi connectivity index (χ2v) is 6.04. The van der Waals surface area contributed by atoms with Crippen molar-refractivity contribution in [1.29, 1.82) is 0 Å². The Balaban J connectivity index is 1.60. The van der Waals surface area contributed by atoms with E-state index in [-0.39, 0.29) is 12.4 Å². The zero-order chi connectivity index (χ0) is 16.1. The van der Waals surface area contributed by atoms with Gasteiger partial charge in [0.2, 0.25) is 0 Å². The molecule has 0 amide bonds. The van der Waals surface area contributed by atoms with Crippen molar-refractivity contribution < 1.29 is 8.78 Å². The predicted octanol–water partition coefficient (Wildman–Crippen LogP) is 3.16. The standard InChI is InChI=1S/C17H22F2N4/c18-8-11-23-17(20-13-21-23)12-22-9-1-2-14(7-10-22)15-3-5-16(19)6-4-15/h3-6,13-14H,1-2,7-12H2. The van der Waals surface area contributed by atoms with Crippen molar-refractivity contribution in [3.8, 4) is 0 Å². The number of halogens is 2. The fraction of sp³-hybridized carbons (Fsp3) is 0.529. The van der Waals surface area contributed by atoms with Gasteiger partial charge in [-0.2, -0.15) is 5.10 Å². The lowest BCUT2D eigenvalue weighted by molar-refractivity contribution is 0.261. The van der Waals surface area contributed by atoms with Gasteiger partial charge in [-0.3, -0.25) is 4.90 Å². The molecule has 124 valence electrons. The number of aromatic nitrogens is 3. The molecule has 0 bridgehead atoms. The van der Waals surface area contributed by atoms with Gasteiger partial charge in [-0.25, -0.2) is 18.4 Å². The number of benzene rings is 1. The molecule has 0 saturated carbocycles. The Morgan fingerprint density at radius 3 is 2.74 bits per heavy atom. The summed E-state index contributed by atoms with van der Waals surface area (Å²) >= 11 is 0. The number of likely N-dealkylation sites (tertiary alicyclic amines) is 1. The maximum Gasteiger partial charge on any atom is 0.141 e. The van der Waals surface area contributed by atoms with E-state index < -0.39 is 6.67 Å². The summed E-state index contributed by atoms with van der Waals surface area (Å²) in [6.07, 6.45) is 4.74. The lowest BCUT2D eigenvalue weighted by Crippen LogP contribution is -2.26. The van der Waals surface area contributed by atoms with Gasteiger partial charge in [0.15, 0.2) is 0 Å². The van der Waals surface area contributed by atoms with Gasteiger partial charge in [0, 0.05) is 0 Å². The SMILES string of the molecule is FCCn1ncnc1CN1CCCC(c2ccc(F)cc2)CC1. The largest absolute Gasteiger partial charge is 0.296 e. The summed E-state index contributed by atoms with van der Waals surface area (Å²) in [6.45, 7) is 2.51. The van der Waals surface area contributed by atoms with Crippen LogP contribution in [-0.4, -0.2) is 39.4 Å². The summed E-state index contributed by atoms with van der Waals surface area (Å²) in [7, 11) is 0. The van der Waals surface area contributed by atoms with E-state index in [2.05, 4.69) is 15.0 Å². The summed E-state index contributed by atoms with van der Waals surface area (Å²) in [5.41, 5.74) is 1.22. The van der Waals surface area contributed by atoms with Crippen molar-refractivity contribution in [2.45, 2.75) is 38.3 Å². The van der Waals surface area contributed by atoms with E-state index in [1.807, 2.05) is 12.1 Å². The third-order valence-electron chi connectivity index (χ3n) is 4.52. The van der Waals surface area contributed by atoms with Crippen LogP contribution in [0.25, 0.3) is 0 Å². The molecule has 0 spiro atoms. The van der Waals surface area contributed by atoms with E-state index >= 15 is 0 Å². The minimum atomic E-state index is -0.428. The van der Waals surface area contributed by atoms with Crippen molar-refractivity contribution in [3.63, 3.8) is 0 Å². The molecule has 1 aromatic carbocycles. The van der Waals surface area contributed by atoms with Gasteiger partial charge in [0.05, 0.1) is 13.1 Å². The van der Waals surface area contributed by atoms with Crippen LogP contribution in [0.1, 0.15) is 36.6 Å². The molecular formula is C17H22F2N4. The highest BCUT2D eigenvalue weighted by atomic mass is 19.1. The molecule has 1 aromatic heterocycles. The number of alkyl halides is 1. The number of hydrogen-bond acceptors (Lipinski definition) is 3. The first-order valence-electron chi connectivity index (χ1n) is 8.16. The minimum absolute atomic E-state index is 0.184. The molecule has 2 heterocycles. The summed E-state index contributed by atoms with van der Waals surface area (Å²) in [5.74, 6) is 1.11. The molecule has 6 heteroatoms. The van der Waals surface area contributed by atoms with Crippen LogP contribution in [0.4, 0.5) is 8.78 Å². The average molecular weight is 320 g/mol. The van der Waals surface area contributed by atoms with Crippen LogP contribution in [-0.2, 0) is 13.1 Å². The highest BCUT2D eigenvalue weighted by Gasteiger charge is 2.20. The molecular weight excluding hydrogens is 298 g/mol. The van der Waals surface area contributed by atoms with Crippen LogP contribution in [0.15, 0.2) is 30.6 Å². The topological polar surface area (TPSA) is 34.0 Å². The number of nitrogens with zero attached hydrogens (tertiary/aromatic N) is 4. The Hall–Kier alpha value is -1.82. The van der Waals surface area contributed by atoms with Crippen molar-refractivity contribution in [2.75, 3.05) is 19.8 Å². The van der Waals surface area contributed by atoms with Crippen LogP contribution in [0, 0.1) is 5.82 Å². The second kappa shape index (κ2) is 7.64. The molecule has 0 radical (unpaired) electrons. The zero-order valence-corrected chi connectivity index (χ0v) is 13.2. The molecule has 1 unspecified atom stereocenters. The first-order chi connectivity index (χ1) is 11.3. The Morgan fingerprint density at radius 1 is 1.13 bits per heavy atom. The number of aryl methyl sites for hydroxylation is 1.